The molecule has 1 amide bonds. The number of rotatable bonds is 5. The van der Waals surface area contributed by atoms with E-state index in [9.17, 15) is 4.79 Å². The van der Waals surface area contributed by atoms with Gasteiger partial charge < -0.3 is 0 Å². The standard InChI is InChI=1S/C14H16ClN3OS/c1-3-9(4-2)13-17-18-14(20-13)16-12(19)10-5-7-11(15)8-6-10/h5-9H,3-4H2,1-2H3,(H,16,18,19). The Hall–Kier alpha value is -1.46. The highest BCUT2D eigenvalue weighted by atomic mass is 35.5. The van der Waals surface area contributed by atoms with Gasteiger partial charge in [0.25, 0.3) is 5.91 Å². The number of nitrogens with one attached hydrogen (secondary N) is 1. The van der Waals surface area contributed by atoms with Crippen molar-refractivity contribution in [2.24, 2.45) is 0 Å². The molecule has 0 aliphatic rings. The molecule has 0 unspecified atom stereocenters. The Labute approximate surface area is 127 Å². The Morgan fingerprint density at radius 2 is 1.90 bits per heavy atom. The van der Waals surface area contributed by atoms with Crippen LogP contribution in [0.2, 0.25) is 5.02 Å². The van der Waals surface area contributed by atoms with Gasteiger partial charge in [0.05, 0.1) is 0 Å². The predicted octanol–water partition coefficient (Wildman–Crippen LogP) is 4.35. The Balaban J connectivity index is 2.06. The maximum atomic E-state index is 12.0. The van der Waals surface area contributed by atoms with Crippen LogP contribution in [0.15, 0.2) is 24.3 Å². The number of halogens is 1. The molecule has 0 bridgehead atoms. The second kappa shape index (κ2) is 6.81. The van der Waals surface area contributed by atoms with Crippen molar-refractivity contribution in [3.63, 3.8) is 0 Å². The van der Waals surface area contributed by atoms with Crippen LogP contribution in [-0.2, 0) is 0 Å². The van der Waals surface area contributed by atoms with Gasteiger partial charge in [0.2, 0.25) is 5.13 Å². The maximum absolute atomic E-state index is 12.0. The van der Waals surface area contributed by atoms with Crippen molar-refractivity contribution in [3.8, 4) is 0 Å². The minimum absolute atomic E-state index is 0.200. The van der Waals surface area contributed by atoms with Crippen LogP contribution in [-0.4, -0.2) is 16.1 Å². The van der Waals surface area contributed by atoms with E-state index in [1.54, 1.807) is 24.3 Å². The average molecular weight is 310 g/mol. The summed E-state index contributed by atoms with van der Waals surface area (Å²) in [6.07, 6.45) is 2.05. The second-order valence-electron chi connectivity index (χ2n) is 4.42. The summed E-state index contributed by atoms with van der Waals surface area (Å²) in [7, 11) is 0. The molecule has 1 N–H and O–H groups in total. The predicted molar refractivity (Wildman–Crippen MR) is 82.6 cm³/mol. The SMILES string of the molecule is CCC(CC)c1nnc(NC(=O)c2ccc(Cl)cc2)s1. The Morgan fingerprint density at radius 1 is 1.25 bits per heavy atom. The van der Waals surface area contributed by atoms with E-state index in [0.717, 1.165) is 17.8 Å². The minimum atomic E-state index is -0.200. The van der Waals surface area contributed by atoms with E-state index < -0.39 is 0 Å². The quantitative estimate of drug-likeness (QED) is 0.893. The summed E-state index contributed by atoms with van der Waals surface area (Å²) in [4.78, 5) is 12.0. The summed E-state index contributed by atoms with van der Waals surface area (Å²) in [6.45, 7) is 4.25. The Kier molecular flexibility index (Phi) is 5.09. The molecule has 6 heteroatoms. The molecule has 2 rings (SSSR count). The van der Waals surface area contributed by atoms with Gasteiger partial charge in [0.15, 0.2) is 0 Å². The molecular weight excluding hydrogens is 294 g/mol. The van der Waals surface area contributed by atoms with Crippen LogP contribution in [0, 0.1) is 0 Å². The van der Waals surface area contributed by atoms with Crippen molar-refractivity contribution < 1.29 is 4.79 Å². The molecule has 1 aromatic carbocycles. The van der Waals surface area contributed by atoms with Gasteiger partial charge in [-0.2, -0.15) is 0 Å². The van der Waals surface area contributed by atoms with Crippen molar-refractivity contribution in [3.05, 3.63) is 39.9 Å². The molecule has 0 saturated heterocycles. The number of nitrogens with zero attached hydrogens (tertiary/aromatic N) is 2. The van der Waals surface area contributed by atoms with Crippen LogP contribution >= 0.6 is 22.9 Å². The monoisotopic (exact) mass is 309 g/mol. The lowest BCUT2D eigenvalue weighted by molar-refractivity contribution is 0.102. The fourth-order valence-electron chi connectivity index (χ4n) is 1.86. The number of amides is 1. The topological polar surface area (TPSA) is 54.9 Å². The third kappa shape index (κ3) is 3.55. The Morgan fingerprint density at radius 3 is 2.50 bits per heavy atom. The fraction of sp³-hybridized carbons (Fsp3) is 0.357. The first kappa shape index (κ1) is 14.9. The van der Waals surface area contributed by atoms with Gasteiger partial charge in [-0.25, -0.2) is 0 Å². The van der Waals surface area contributed by atoms with E-state index >= 15 is 0 Å². The molecule has 20 heavy (non-hydrogen) atoms. The van der Waals surface area contributed by atoms with Crippen LogP contribution in [0.4, 0.5) is 5.13 Å². The largest absolute Gasteiger partial charge is 0.296 e. The molecule has 0 aliphatic heterocycles. The minimum Gasteiger partial charge on any atom is -0.296 e. The molecule has 2 aromatic rings. The van der Waals surface area contributed by atoms with E-state index in [0.29, 0.717) is 21.6 Å². The van der Waals surface area contributed by atoms with Crippen LogP contribution < -0.4 is 5.32 Å². The third-order valence-electron chi connectivity index (χ3n) is 3.10. The van der Waals surface area contributed by atoms with E-state index in [2.05, 4.69) is 29.4 Å². The number of hydrogen-bond donors (Lipinski definition) is 1. The molecule has 0 fully saturated rings. The van der Waals surface area contributed by atoms with Crippen LogP contribution in [0.25, 0.3) is 0 Å². The number of carbonyl (C=O) groups excluding carboxylic acids is 1. The first-order valence-electron chi connectivity index (χ1n) is 6.54. The number of aromatic nitrogens is 2. The van der Waals surface area contributed by atoms with Gasteiger partial charge in [0.1, 0.15) is 5.01 Å². The van der Waals surface area contributed by atoms with Crippen molar-refractivity contribution >= 4 is 34.0 Å². The third-order valence-corrected chi connectivity index (χ3v) is 4.36. The van der Waals surface area contributed by atoms with Gasteiger partial charge in [-0.3, -0.25) is 10.1 Å². The summed E-state index contributed by atoms with van der Waals surface area (Å²) < 4.78 is 0. The van der Waals surface area contributed by atoms with Crippen LogP contribution in [0.1, 0.15) is 48.0 Å². The second-order valence-corrected chi connectivity index (χ2v) is 5.87. The van der Waals surface area contributed by atoms with Gasteiger partial charge in [-0.05, 0) is 37.1 Å². The lowest BCUT2D eigenvalue weighted by Crippen LogP contribution is -2.11. The summed E-state index contributed by atoms with van der Waals surface area (Å²) in [5.41, 5.74) is 0.550. The number of hydrogen-bond acceptors (Lipinski definition) is 4. The summed E-state index contributed by atoms with van der Waals surface area (Å²) in [5.74, 6) is 0.211. The van der Waals surface area contributed by atoms with Gasteiger partial charge in [0, 0.05) is 16.5 Å². The molecule has 0 spiro atoms. The first-order valence-corrected chi connectivity index (χ1v) is 7.73. The van der Waals surface area contributed by atoms with E-state index in [1.807, 2.05) is 0 Å². The highest BCUT2D eigenvalue weighted by Gasteiger charge is 2.15. The molecule has 0 saturated carbocycles. The summed E-state index contributed by atoms with van der Waals surface area (Å²) in [5, 5.41) is 13.1. The normalized spacial score (nSPS) is 10.8. The Bertz CT molecular complexity index is 578. The molecule has 0 radical (unpaired) electrons. The average Bonchev–Trinajstić information content (AvgIpc) is 2.89. The molecule has 0 aliphatic carbocycles. The highest BCUT2D eigenvalue weighted by Crippen LogP contribution is 2.28. The van der Waals surface area contributed by atoms with Crippen LogP contribution in [0.3, 0.4) is 0 Å². The van der Waals surface area contributed by atoms with Gasteiger partial charge in [-0.1, -0.05) is 36.8 Å². The number of benzene rings is 1. The van der Waals surface area contributed by atoms with Crippen LogP contribution in [0.5, 0.6) is 0 Å². The van der Waals surface area contributed by atoms with Crippen molar-refractivity contribution in [1.82, 2.24) is 10.2 Å². The lowest BCUT2D eigenvalue weighted by atomic mass is 10.1. The van der Waals surface area contributed by atoms with Crippen molar-refractivity contribution in [2.75, 3.05) is 5.32 Å². The molecule has 0 atom stereocenters. The van der Waals surface area contributed by atoms with E-state index in [1.165, 1.54) is 11.3 Å². The zero-order valence-electron chi connectivity index (χ0n) is 11.4. The zero-order valence-corrected chi connectivity index (χ0v) is 13.0. The molecular formula is C14H16ClN3OS. The van der Waals surface area contributed by atoms with Crippen molar-refractivity contribution in [1.29, 1.82) is 0 Å². The molecule has 4 nitrogen and oxygen atoms in total. The number of anilines is 1. The first-order chi connectivity index (χ1) is 9.63. The fourth-order valence-corrected chi connectivity index (χ4v) is 2.99. The van der Waals surface area contributed by atoms with E-state index in [-0.39, 0.29) is 5.91 Å². The summed E-state index contributed by atoms with van der Waals surface area (Å²) in [6, 6.07) is 6.74. The maximum Gasteiger partial charge on any atom is 0.257 e. The van der Waals surface area contributed by atoms with E-state index in [4.69, 9.17) is 11.6 Å². The summed E-state index contributed by atoms with van der Waals surface area (Å²) >= 11 is 7.23. The highest BCUT2D eigenvalue weighted by molar-refractivity contribution is 7.15. The smallest absolute Gasteiger partial charge is 0.257 e. The number of carbonyl (C=O) groups is 1. The van der Waals surface area contributed by atoms with Gasteiger partial charge >= 0.3 is 0 Å². The van der Waals surface area contributed by atoms with Gasteiger partial charge in [-0.15, -0.1) is 10.2 Å². The lowest BCUT2D eigenvalue weighted by Gasteiger charge is -2.05. The van der Waals surface area contributed by atoms with Crippen molar-refractivity contribution in [2.45, 2.75) is 32.6 Å². The zero-order chi connectivity index (χ0) is 14.5. The molecule has 1 heterocycles. The molecule has 106 valence electrons. The molecule has 1 aromatic heterocycles.